The number of benzene rings is 1. The zero-order chi connectivity index (χ0) is 18.4. The second-order valence-electron chi connectivity index (χ2n) is 5.65. The van der Waals surface area contributed by atoms with Gasteiger partial charge in [-0.3, -0.25) is 9.59 Å². The molecule has 2 rings (SSSR count). The fourth-order valence-corrected chi connectivity index (χ4v) is 3.15. The van der Waals surface area contributed by atoms with E-state index in [4.69, 9.17) is 9.84 Å². The SMILES string of the molecule is COc1ccc(C=NN=C2NC(=O)C(CC(=O)O)S2)cc1CN(C)C. The van der Waals surface area contributed by atoms with Crippen molar-refractivity contribution in [2.24, 2.45) is 10.2 Å². The fourth-order valence-electron chi connectivity index (χ4n) is 2.24. The van der Waals surface area contributed by atoms with E-state index in [1.807, 2.05) is 37.2 Å². The largest absolute Gasteiger partial charge is 0.496 e. The van der Waals surface area contributed by atoms with Crippen molar-refractivity contribution in [1.29, 1.82) is 0 Å². The Labute approximate surface area is 149 Å². The topological polar surface area (TPSA) is 104 Å². The number of nitrogens with zero attached hydrogens (tertiary/aromatic N) is 3. The first kappa shape index (κ1) is 18.9. The molecule has 0 spiro atoms. The van der Waals surface area contributed by atoms with Gasteiger partial charge in [-0.15, -0.1) is 5.10 Å². The molecule has 0 bridgehead atoms. The Morgan fingerprint density at radius 2 is 2.24 bits per heavy atom. The van der Waals surface area contributed by atoms with E-state index in [0.29, 0.717) is 5.17 Å². The fraction of sp³-hybridized carbons (Fsp3) is 0.375. The van der Waals surface area contributed by atoms with Crippen molar-refractivity contribution >= 4 is 35.0 Å². The van der Waals surface area contributed by atoms with Crippen LogP contribution in [0.5, 0.6) is 5.75 Å². The summed E-state index contributed by atoms with van der Waals surface area (Å²) >= 11 is 1.07. The summed E-state index contributed by atoms with van der Waals surface area (Å²) in [7, 11) is 5.57. The highest BCUT2D eigenvalue weighted by atomic mass is 32.2. The quantitative estimate of drug-likeness (QED) is 0.556. The standard InChI is InChI=1S/C16H20N4O4S/c1-20(2)9-11-6-10(4-5-12(11)24-3)8-17-19-16-18-15(23)13(25-16)7-14(21)22/h4-6,8,13H,7,9H2,1-3H3,(H,21,22)(H,18,19,23). The third-order valence-corrected chi connectivity index (χ3v) is 4.36. The van der Waals surface area contributed by atoms with Crippen LogP contribution in [0.4, 0.5) is 0 Å². The van der Waals surface area contributed by atoms with Crippen LogP contribution in [0.1, 0.15) is 17.5 Å². The molecule has 1 aliphatic heterocycles. The zero-order valence-corrected chi connectivity index (χ0v) is 15.0. The second kappa shape index (κ2) is 8.63. The number of hydrogen-bond donors (Lipinski definition) is 2. The summed E-state index contributed by atoms with van der Waals surface area (Å²) in [6.45, 7) is 0.724. The number of nitrogens with one attached hydrogen (secondary N) is 1. The number of aliphatic carboxylic acids is 1. The maximum atomic E-state index is 11.6. The van der Waals surface area contributed by atoms with Gasteiger partial charge in [0.15, 0.2) is 5.17 Å². The van der Waals surface area contributed by atoms with E-state index < -0.39 is 11.2 Å². The number of amidine groups is 1. The average molecular weight is 364 g/mol. The molecule has 0 aromatic heterocycles. The number of carboxylic acid groups (broad SMARTS) is 1. The van der Waals surface area contributed by atoms with Crippen LogP contribution in [0, 0.1) is 0 Å². The van der Waals surface area contributed by atoms with Gasteiger partial charge in [0.1, 0.15) is 11.0 Å². The Morgan fingerprint density at radius 1 is 1.48 bits per heavy atom. The molecular formula is C16H20N4O4S. The number of thioether (sulfide) groups is 1. The van der Waals surface area contributed by atoms with E-state index in [0.717, 1.165) is 35.2 Å². The van der Waals surface area contributed by atoms with Gasteiger partial charge < -0.3 is 20.1 Å². The van der Waals surface area contributed by atoms with Crippen molar-refractivity contribution in [3.8, 4) is 5.75 Å². The van der Waals surface area contributed by atoms with Crippen molar-refractivity contribution in [3.05, 3.63) is 29.3 Å². The van der Waals surface area contributed by atoms with Gasteiger partial charge in [-0.25, -0.2) is 0 Å². The molecular weight excluding hydrogens is 344 g/mol. The molecule has 1 aromatic carbocycles. The second-order valence-corrected chi connectivity index (χ2v) is 6.84. The maximum absolute atomic E-state index is 11.6. The minimum atomic E-state index is -1.02. The van der Waals surface area contributed by atoms with Crippen molar-refractivity contribution in [2.45, 2.75) is 18.2 Å². The normalized spacial score (nSPS) is 19.0. The summed E-state index contributed by atoms with van der Waals surface area (Å²) in [5.74, 6) is -0.588. The van der Waals surface area contributed by atoms with Crippen LogP contribution in [0.2, 0.25) is 0 Å². The van der Waals surface area contributed by atoms with Gasteiger partial charge >= 0.3 is 5.97 Å². The lowest BCUT2D eigenvalue weighted by Crippen LogP contribution is -2.26. The third kappa shape index (κ3) is 5.57. The molecule has 25 heavy (non-hydrogen) atoms. The Balaban J connectivity index is 2.07. The average Bonchev–Trinajstić information content (AvgIpc) is 2.86. The van der Waals surface area contributed by atoms with Gasteiger partial charge in [0.25, 0.3) is 0 Å². The lowest BCUT2D eigenvalue weighted by Gasteiger charge is -2.13. The smallest absolute Gasteiger partial charge is 0.305 e. The van der Waals surface area contributed by atoms with Crippen LogP contribution in [-0.4, -0.2) is 59.7 Å². The number of hydrogen-bond acceptors (Lipinski definition) is 7. The number of carboxylic acids is 1. The van der Waals surface area contributed by atoms with Gasteiger partial charge in [0, 0.05) is 12.1 Å². The van der Waals surface area contributed by atoms with E-state index in [9.17, 15) is 9.59 Å². The highest BCUT2D eigenvalue weighted by Crippen LogP contribution is 2.23. The Kier molecular flexibility index (Phi) is 6.54. The number of carbonyl (C=O) groups is 2. The van der Waals surface area contributed by atoms with Crippen LogP contribution in [0.15, 0.2) is 28.4 Å². The highest BCUT2D eigenvalue weighted by Gasteiger charge is 2.32. The van der Waals surface area contributed by atoms with E-state index in [-0.39, 0.29) is 12.3 Å². The monoisotopic (exact) mass is 364 g/mol. The molecule has 0 radical (unpaired) electrons. The van der Waals surface area contributed by atoms with Gasteiger partial charge in [0.05, 0.1) is 19.7 Å². The number of carbonyl (C=O) groups excluding carboxylic acids is 1. The molecule has 1 saturated heterocycles. The Hall–Kier alpha value is -2.39. The first-order valence-electron chi connectivity index (χ1n) is 7.51. The minimum Gasteiger partial charge on any atom is -0.496 e. The lowest BCUT2D eigenvalue weighted by molar-refractivity contribution is -0.138. The molecule has 9 heteroatoms. The van der Waals surface area contributed by atoms with Crippen LogP contribution >= 0.6 is 11.8 Å². The zero-order valence-electron chi connectivity index (χ0n) is 14.2. The number of methoxy groups -OCH3 is 1. The predicted octanol–water partition coefficient (Wildman–Crippen LogP) is 1.15. The number of rotatable bonds is 7. The summed E-state index contributed by atoms with van der Waals surface area (Å²) in [4.78, 5) is 24.3. The van der Waals surface area contributed by atoms with Gasteiger partial charge in [0.2, 0.25) is 5.91 Å². The lowest BCUT2D eigenvalue weighted by atomic mass is 10.1. The van der Waals surface area contributed by atoms with Crippen LogP contribution in [-0.2, 0) is 16.1 Å². The molecule has 1 heterocycles. The summed E-state index contributed by atoms with van der Waals surface area (Å²) in [6.07, 6.45) is 1.33. The first-order chi connectivity index (χ1) is 11.9. The van der Waals surface area contributed by atoms with E-state index in [2.05, 4.69) is 15.5 Å². The molecule has 8 nitrogen and oxygen atoms in total. The van der Waals surface area contributed by atoms with Crippen LogP contribution < -0.4 is 10.1 Å². The molecule has 2 N–H and O–H groups in total. The van der Waals surface area contributed by atoms with Crippen molar-refractivity contribution < 1.29 is 19.4 Å². The molecule has 134 valence electrons. The predicted molar refractivity (Wildman–Crippen MR) is 97.2 cm³/mol. The van der Waals surface area contributed by atoms with Crippen molar-refractivity contribution in [2.75, 3.05) is 21.2 Å². The molecule has 0 saturated carbocycles. The number of ether oxygens (including phenoxy) is 1. The highest BCUT2D eigenvalue weighted by molar-refractivity contribution is 8.15. The third-order valence-electron chi connectivity index (χ3n) is 3.28. The van der Waals surface area contributed by atoms with Crippen molar-refractivity contribution in [1.82, 2.24) is 10.2 Å². The molecule has 1 aromatic rings. The minimum absolute atomic E-state index is 0.244. The van der Waals surface area contributed by atoms with E-state index >= 15 is 0 Å². The summed E-state index contributed by atoms with van der Waals surface area (Å²) in [5, 5.41) is 18.8. The number of amides is 1. The van der Waals surface area contributed by atoms with Crippen molar-refractivity contribution in [3.63, 3.8) is 0 Å². The maximum Gasteiger partial charge on any atom is 0.305 e. The van der Waals surface area contributed by atoms with Gasteiger partial charge in [-0.1, -0.05) is 11.8 Å². The molecule has 1 amide bonds. The van der Waals surface area contributed by atoms with Crippen LogP contribution in [0.3, 0.4) is 0 Å². The molecule has 0 aliphatic carbocycles. The Morgan fingerprint density at radius 3 is 2.88 bits per heavy atom. The molecule has 1 atom stereocenters. The van der Waals surface area contributed by atoms with E-state index in [1.165, 1.54) is 0 Å². The van der Waals surface area contributed by atoms with Crippen LogP contribution in [0.25, 0.3) is 0 Å². The van der Waals surface area contributed by atoms with E-state index in [1.54, 1.807) is 13.3 Å². The Bertz CT molecular complexity index is 718. The molecule has 1 aliphatic rings. The summed E-state index contributed by atoms with van der Waals surface area (Å²) < 4.78 is 5.34. The first-order valence-corrected chi connectivity index (χ1v) is 8.39. The summed E-state index contributed by atoms with van der Waals surface area (Å²) in [5.41, 5.74) is 1.87. The van der Waals surface area contributed by atoms with Gasteiger partial charge in [-0.05, 0) is 37.9 Å². The van der Waals surface area contributed by atoms with Gasteiger partial charge in [-0.2, -0.15) is 5.10 Å². The molecule has 1 unspecified atom stereocenters. The molecule has 1 fully saturated rings. The summed E-state index contributed by atoms with van der Waals surface area (Å²) in [6, 6.07) is 5.67.